The molecule has 0 radical (unpaired) electrons. The number of halogens is 2. The van der Waals surface area contributed by atoms with Gasteiger partial charge in [0, 0.05) is 23.1 Å². The van der Waals surface area contributed by atoms with Gasteiger partial charge < -0.3 is 26.6 Å². The quantitative estimate of drug-likeness (QED) is 0.146. The molecule has 6 N–H and O–H groups in total. The summed E-state index contributed by atoms with van der Waals surface area (Å²) in [7, 11) is 0. The van der Waals surface area contributed by atoms with E-state index in [1.54, 1.807) is 38.1 Å². The Labute approximate surface area is 218 Å². The normalized spacial score (nSPS) is 16.8. The fraction of sp³-hybridized carbons (Fsp3) is 0.542. The lowest BCUT2D eigenvalue weighted by Gasteiger charge is -2.31. The molecule has 0 saturated carbocycles. The molecular formula is C24H34BrFN6O4. The lowest BCUT2D eigenvalue weighted by atomic mass is 10.0. The minimum absolute atomic E-state index is 0.159. The number of rotatable bonds is 12. The zero-order chi connectivity index (χ0) is 26.8. The summed E-state index contributed by atoms with van der Waals surface area (Å²) in [6.07, 6.45) is 1.51. The average Bonchev–Trinajstić information content (AvgIpc) is 3.33. The number of amides is 3. The number of alkyl halides is 1. The largest absolute Gasteiger partial charge is 0.370 e. The molecule has 0 bridgehead atoms. The van der Waals surface area contributed by atoms with Gasteiger partial charge in [-0.05, 0) is 49.8 Å². The molecule has 3 amide bonds. The number of guanidine groups is 1. The average molecular weight is 569 g/mol. The van der Waals surface area contributed by atoms with Crippen molar-refractivity contribution >= 4 is 45.4 Å². The van der Waals surface area contributed by atoms with Gasteiger partial charge in [0.15, 0.2) is 11.7 Å². The monoisotopic (exact) mass is 568 g/mol. The predicted molar refractivity (Wildman–Crippen MR) is 137 cm³/mol. The molecule has 0 aromatic heterocycles. The van der Waals surface area contributed by atoms with Crippen LogP contribution in [0.3, 0.4) is 0 Å². The Morgan fingerprint density at radius 3 is 2.58 bits per heavy atom. The molecule has 1 aliphatic rings. The van der Waals surface area contributed by atoms with Gasteiger partial charge in [0.1, 0.15) is 18.8 Å². The van der Waals surface area contributed by atoms with Crippen LogP contribution in [0.4, 0.5) is 4.39 Å². The molecule has 1 aliphatic heterocycles. The highest BCUT2D eigenvalue weighted by Gasteiger charge is 2.39. The highest BCUT2D eigenvalue weighted by Crippen LogP contribution is 2.21. The van der Waals surface area contributed by atoms with Gasteiger partial charge in [-0.15, -0.1) is 0 Å². The molecule has 2 unspecified atom stereocenters. The third-order valence-electron chi connectivity index (χ3n) is 5.97. The maximum atomic E-state index is 13.4. The molecular weight excluding hydrogens is 535 g/mol. The van der Waals surface area contributed by atoms with Crippen LogP contribution in [-0.4, -0.2) is 72.3 Å². The second-order valence-electron chi connectivity index (χ2n) is 9.04. The van der Waals surface area contributed by atoms with Gasteiger partial charge in [0.25, 0.3) is 5.91 Å². The molecule has 0 aliphatic carbocycles. The summed E-state index contributed by atoms with van der Waals surface area (Å²) in [6, 6.07) is 4.07. The van der Waals surface area contributed by atoms with Gasteiger partial charge in [-0.25, -0.2) is 4.39 Å². The Kier molecular flexibility index (Phi) is 11.3. The van der Waals surface area contributed by atoms with E-state index in [-0.39, 0.29) is 24.2 Å². The van der Waals surface area contributed by atoms with E-state index in [4.69, 9.17) is 11.1 Å². The van der Waals surface area contributed by atoms with Gasteiger partial charge in [-0.1, -0.05) is 35.8 Å². The van der Waals surface area contributed by atoms with E-state index < -0.39 is 42.4 Å². The molecule has 10 nitrogen and oxygen atoms in total. The van der Waals surface area contributed by atoms with Crippen LogP contribution in [-0.2, 0) is 14.4 Å². The first-order valence-electron chi connectivity index (χ1n) is 11.9. The van der Waals surface area contributed by atoms with Gasteiger partial charge in [-0.2, -0.15) is 0 Å². The van der Waals surface area contributed by atoms with Crippen molar-refractivity contribution < 1.29 is 23.6 Å². The minimum atomic E-state index is -1.23. The fourth-order valence-electron chi connectivity index (χ4n) is 4.05. The van der Waals surface area contributed by atoms with Crippen molar-refractivity contribution in [2.75, 3.05) is 19.8 Å². The van der Waals surface area contributed by atoms with E-state index in [1.165, 1.54) is 4.90 Å². The number of Topliss-reactive ketones (excluding diaryl/α,β-unsaturated/α-hetero) is 1. The number of nitrogens with one attached hydrogen (secondary N) is 4. The number of ketones is 1. The number of nitrogens with two attached hydrogens (primary N) is 1. The summed E-state index contributed by atoms with van der Waals surface area (Å²) in [5, 5.41) is 15.1. The molecule has 0 spiro atoms. The number of likely N-dealkylation sites (tertiary alicyclic amines) is 1. The maximum Gasteiger partial charge on any atom is 0.251 e. The number of hydrogen-bond donors (Lipinski definition) is 5. The molecule has 3 atom stereocenters. The highest BCUT2D eigenvalue weighted by molar-refractivity contribution is 9.10. The van der Waals surface area contributed by atoms with E-state index in [9.17, 15) is 23.6 Å². The van der Waals surface area contributed by atoms with Gasteiger partial charge in [0.05, 0.1) is 6.04 Å². The Morgan fingerprint density at radius 2 is 1.97 bits per heavy atom. The van der Waals surface area contributed by atoms with Crippen molar-refractivity contribution in [3.8, 4) is 0 Å². The van der Waals surface area contributed by atoms with Crippen molar-refractivity contribution in [2.24, 2.45) is 11.7 Å². The van der Waals surface area contributed by atoms with Gasteiger partial charge >= 0.3 is 0 Å². The maximum absolute atomic E-state index is 13.4. The standard InChI is InChI=1S/C24H34BrFN6O4/c1-14(2)20(31-21(34)15-6-3-7-16(25)12-15)23(36)32-11-5-9-18(32)22(35)30-17(19(33)13-26)8-4-10-29-24(27)28/h3,6-7,12,14,17-18,20H,4-5,8-11,13H2,1-2H3,(H,30,35)(H,31,34)(H4,27,28,29)/t17?,18-,20?/m0/s1. The zero-order valence-corrected chi connectivity index (χ0v) is 22.1. The number of benzene rings is 1. The number of hydrogen-bond acceptors (Lipinski definition) is 5. The minimum Gasteiger partial charge on any atom is -0.370 e. The van der Waals surface area contributed by atoms with Gasteiger partial charge in [0.2, 0.25) is 11.8 Å². The lowest BCUT2D eigenvalue weighted by Crippen LogP contribution is -2.56. The molecule has 1 aromatic rings. The number of carbonyl (C=O) groups excluding carboxylic acids is 4. The molecule has 1 fully saturated rings. The van der Waals surface area contributed by atoms with Crippen LogP contribution in [0.2, 0.25) is 0 Å². The first-order valence-corrected chi connectivity index (χ1v) is 12.7. The van der Waals surface area contributed by atoms with Crippen molar-refractivity contribution in [1.82, 2.24) is 20.9 Å². The SMILES string of the molecule is CC(C)C(NC(=O)c1cccc(Br)c1)C(=O)N1CCC[C@H]1C(=O)NC(CCCNC(=N)N)C(=O)CF. The summed E-state index contributed by atoms with van der Waals surface area (Å²) in [6.45, 7) is 3.01. The predicted octanol–water partition coefficient (Wildman–Crippen LogP) is 1.48. The van der Waals surface area contributed by atoms with Crippen molar-refractivity contribution in [3.63, 3.8) is 0 Å². The Balaban J connectivity index is 2.09. The van der Waals surface area contributed by atoms with Crippen LogP contribution >= 0.6 is 15.9 Å². The van der Waals surface area contributed by atoms with E-state index in [2.05, 4.69) is 31.9 Å². The smallest absolute Gasteiger partial charge is 0.251 e. The Morgan fingerprint density at radius 1 is 1.25 bits per heavy atom. The number of carbonyl (C=O) groups is 4. The summed E-state index contributed by atoms with van der Waals surface area (Å²) < 4.78 is 13.8. The third kappa shape index (κ3) is 8.28. The van der Waals surface area contributed by atoms with E-state index in [0.717, 1.165) is 4.47 Å². The summed E-state index contributed by atoms with van der Waals surface area (Å²) in [4.78, 5) is 52.8. The first-order chi connectivity index (χ1) is 17.0. The first kappa shape index (κ1) is 29.2. The topological polar surface area (TPSA) is 157 Å². The van der Waals surface area contributed by atoms with E-state index in [0.29, 0.717) is 37.9 Å². The van der Waals surface area contributed by atoms with Crippen LogP contribution in [0.25, 0.3) is 0 Å². The second kappa shape index (κ2) is 13.9. The third-order valence-corrected chi connectivity index (χ3v) is 6.46. The van der Waals surface area contributed by atoms with Crippen molar-refractivity contribution in [1.29, 1.82) is 5.41 Å². The molecule has 1 heterocycles. The highest BCUT2D eigenvalue weighted by atomic mass is 79.9. The summed E-state index contributed by atoms with van der Waals surface area (Å²) >= 11 is 3.33. The van der Waals surface area contributed by atoms with Crippen LogP contribution < -0.4 is 21.7 Å². The summed E-state index contributed by atoms with van der Waals surface area (Å²) in [5.74, 6) is -2.55. The number of nitrogens with zero attached hydrogens (tertiary/aromatic N) is 1. The fourth-order valence-corrected chi connectivity index (χ4v) is 4.45. The molecule has 1 saturated heterocycles. The van der Waals surface area contributed by atoms with Gasteiger partial charge in [-0.3, -0.25) is 24.6 Å². The molecule has 2 rings (SSSR count). The molecule has 198 valence electrons. The second-order valence-corrected chi connectivity index (χ2v) is 9.95. The zero-order valence-electron chi connectivity index (χ0n) is 20.5. The molecule has 36 heavy (non-hydrogen) atoms. The molecule has 1 aromatic carbocycles. The van der Waals surface area contributed by atoms with Crippen LogP contribution in [0.15, 0.2) is 28.7 Å². The van der Waals surface area contributed by atoms with E-state index >= 15 is 0 Å². The van der Waals surface area contributed by atoms with Crippen LogP contribution in [0, 0.1) is 11.3 Å². The van der Waals surface area contributed by atoms with Crippen LogP contribution in [0.1, 0.15) is 49.9 Å². The lowest BCUT2D eigenvalue weighted by molar-refractivity contribution is -0.141. The Bertz CT molecular complexity index is 976. The van der Waals surface area contributed by atoms with Crippen LogP contribution in [0.5, 0.6) is 0 Å². The molecule has 12 heteroatoms. The Hall–Kier alpha value is -3.02. The summed E-state index contributed by atoms with van der Waals surface area (Å²) in [5.41, 5.74) is 5.62. The van der Waals surface area contributed by atoms with Crippen molar-refractivity contribution in [2.45, 2.75) is 57.7 Å². The van der Waals surface area contributed by atoms with Crippen molar-refractivity contribution in [3.05, 3.63) is 34.3 Å². The van der Waals surface area contributed by atoms with E-state index in [1.807, 2.05) is 0 Å².